The first-order valence-electron chi connectivity index (χ1n) is 8.93. The first kappa shape index (κ1) is 18.5. The van der Waals surface area contributed by atoms with E-state index in [4.69, 9.17) is 13.9 Å². The van der Waals surface area contributed by atoms with Crippen LogP contribution in [0.2, 0.25) is 0 Å². The van der Waals surface area contributed by atoms with E-state index in [2.05, 4.69) is 15.4 Å². The Bertz CT molecular complexity index is 1170. The molecule has 4 rings (SSSR count). The fraction of sp³-hybridized carbons (Fsp3) is 0.190. The standard InChI is InChI=1S/C21H20N4O4/c1-12-19-16(21(26)22-13-8-14(27-3)10-15(9-13)28-4)11-17(18-6-5-7-29-18)23-20(19)25(2)24-12/h5-11H,1-4H3,(H,22,26). The SMILES string of the molecule is COc1cc(NC(=O)c2cc(-c3ccco3)nc3c2c(C)nn3C)cc(OC)c1. The second-order valence-electron chi connectivity index (χ2n) is 6.50. The van der Waals surface area contributed by atoms with Crippen molar-refractivity contribution < 1.29 is 18.7 Å². The van der Waals surface area contributed by atoms with Gasteiger partial charge in [0.1, 0.15) is 17.2 Å². The molecule has 4 aromatic rings. The number of carbonyl (C=O) groups excluding carboxylic acids is 1. The maximum atomic E-state index is 13.2. The Labute approximate surface area is 167 Å². The van der Waals surface area contributed by atoms with Crippen molar-refractivity contribution >= 4 is 22.6 Å². The highest BCUT2D eigenvalue weighted by atomic mass is 16.5. The van der Waals surface area contributed by atoms with Crippen LogP contribution in [0, 0.1) is 6.92 Å². The van der Waals surface area contributed by atoms with Gasteiger partial charge < -0.3 is 19.2 Å². The first-order valence-corrected chi connectivity index (χ1v) is 8.93. The maximum absolute atomic E-state index is 13.2. The summed E-state index contributed by atoms with van der Waals surface area (Å²) in [5.74, 6) is 1.43. The molecule has 3 heterocycles. The fourth-order valence-electron chi connectivity index (χ4n) is 3.25. The number of fused-ring (bicyclic) bond motifs is 1. The second kappa shape index (κ2) is 7.31. The molecule has 1 N–H and O–H groups in total. The molecule has 0 saturated carbocycles. The third-order valence-electron chi connectivity index (χ3n) is 4.60. The van der Waals surface area contributed by atoms with Crippen LogP contribution in [0.15, 0.2) is 47.1 Å². The number of anilines is 1. The molecule has 0 aliphatic heterocycles. The largest absolute Gasteiger partial charge is 0.497 e. The third-order valence-corrected chi connectivity index (χ3v) is 4.60. The highest BCUT2D eigenvalue weighted by Gasteiger charge is 2.20. The lowest BCUT2D eigenvalue weighted by atomic mass is 10.1. The van der Waals surface area contributed by atoms with E-state index in [1.165, 1.54) is 0 Å². The molecular weight excluding hydrogens is 372 g/mol. The van der Waals surface area contributed by atoms with Crippen molar-refractivity contribution in [2.24, 2.45) is 7.05 Å². The summed E-state index contributed by atoms with van der Waals surface area (Å²) in [5.41, 5.74) is 2.88. The third kappa shape index (κ3) is 3.40. The molecule has 3 aromatic heterocycles. The summed E-state index contributed by atoms with van der Waals surface area (Å²) < 4.78 is 17.7. The smallest absolute Gasteiger partial charge is 0.256 e. The molecule has 1 amide bonds. The van der Waals surface area contributed by atoms with Gasteiger partial charge in [-0.05, 0) is 25.1 Å². The van der Waals surface area contributed by atoms with Crippen LogP contribution in [0.5, 0.6) is 11.5 Å². The van der Waals surface area contributed by atoms with E-state index in [9.17, 15) is 4.79 Å². The summed E-state index contributed by atoms with van der Waals surface area (Å²) in [6, 6.07) is 10.5. The van der Waals surface area contributed by atoms with E-state index in [1.807, 2.05) is 6.92 Å². The molecule has 0 spiro atoms. The molecule has 0 bridgehead atoms. The number of methoxy groups -OCH3 is 2. The topological polar surface area (TPSA) is 91.4 Å². The lowest BCUT2D eigenvalue weighted by molar-refractivity contribution is 0.102. The molecule has 0 saturated heterocycles. The number of furan rings is 1. The van der Waals surface area contributed by atoms with Crippen LogP contribution in [0.25, 0.3) is 22.5 Å². The summed E-state index contributed by atoms with van der Waals surface area (Å²) in [4.78, 5) is 17.9. The first-order chi connectivity index (χ1) is 14.0. The minimum atomic E-state index is -0.295. The molecule has 0 fully saturated rings. The van der Waals surface area contributed by atoms with Crippen molar-refractivity contribution in [3.8, 4) is 23.0 Å². The molecular formula is C21H20N4O4. The van der Waals surface area contributed by atoms with Gasteiger partial charge in [0.05, 0.1) is 37.1 Å². The van der Waals surface area contributed by atoms with Gasteiger partial charge in [-0.3, -0.25) is 9.48 Å². The van der Waals surface area contributed by atoms with Crippen molar-refractivity contribution in [3.63, 3.8) is 0 Å². The maximum Gasteiger partial charge on any atom is 0.256 e. The monoisotopic (exact) mass is 392 g/mol. The van der Waals surface area contributed by atoms with E-state index in [-0.39, 0.29) is 5.91 Å². The predicted molar refractivity (Wildman–Crippen MR) is 108 cm³/mol. The zero-order valence-electron chi connectivity index (χ0n) is 16.5. The Morgan fingerprint density at radius 3 is 2.48 bits per heavy atom. The predicted octanol–water partition coefficient (Wildman–Crippen LogP) is 3.81. The Hall–Kier alpha value is -3.81. The Morgan fingerprint density at radius 1 is 1.14 bits per heavy atom. The summed E-state index contributed by atoms with van der Waals surface area (Å²) in [7, 11) is 4.91. The van der Waals surface area contributed by atoms with Gasteiger partial charge in [0.2, 0.25) is 0 Å². The van der Waals surface area contributed by atoms with E-state index in [0.717, 1.165) is 5.69 Å². The van der Waals surface area contributed by atoms with E-state index >= 15 is 0 Å². The minimum Gasteiger partial charge on any atom is -0.497 e. The Morgan fingerprint density at radius 2 is 1.86 bits per heavy atom. The van der Waals surface area contributed by atoms with E-state index < -0.39 is 0 Å². The van der Waals surface area contributed by atoms with Crippen molar-refractivity contribution in [2.45, 2.75) is 6.92 Å². The number of carbonyl (C=O) groups is 1. The average molecular weight is 392 g/mol. The van der Waals surface area contributed by atoms with Crippen molar-refractivity contribution in [1.82, 2.24) is 14.8 Å². The molecule has 0 unspecified atom stereocenters. The van der Waals surface area contributed by atoms with Crippen LogP contribution < -0.4 is 14.8 Å². The number of nitrogens with zero attached hydrogens (tertiary/aromatic N) is 3. The molecule has 29 heavy (non-hydrogen) atoms. The van der Waals surface area contributed by atoms with Crippen LogP contribution in [0.3, 0.4) is 0 Å². The summed E-state index contributed by atoms with van der Waals surface area (Å²) >= 11 is 0. The number of hydrogen-bond acceptors (Lipinski definition) is 6. The van der Waals surface area contributed by atoms with Crippen LogP contribution in [0.1, 0.15) is 16.1 Å². The lowest BCUT2D eigenvalue weighted by Gasteiger charge is -2.11. The van der Waals surface area contributed by atoms with Gasteiger partial charge in [-0.15, -0.1) is 0 Å². The summed E-state index contributed by atoms with van der Waals surface area (Å²) in [6.07, 6.45) is 1.57. The highest BCUT2D eigenvalue weighted by Crippen LogP contribution is 2.29. The quantitative estimate of drug-likeness (QED) is 0.555. The van der Waals surface area contributed by atoms with Gasteiger partial charge in [-0.25, -0.2) is 4.98 Å². The number of amides is 1. The number of hydrogen-bond donors (Lipinski definition) is 1. The van der Waals surface area contributed by atoms with Crippen LogP contribution in [-0.2, 0) is 7.05 Å². The normalized spacial score (nSPS) is 10.9. The number of aryl methyl sites for hydroxylation is 2. The molecule has 8 heteroatoms. The molecule has 148 valence electrons. The highest BCUT2D eigenvalue weighted by molar-refractivity contribution is 6.13. The molecule has 0 aliphatic rings. The van der Waals surface area contributed by atoms with E-state index in [0.29, 0.717) is 45.2 Å². The zero-order chi connectivity index (χ0) is 20.5. The summed E-state index contributed by atoms with van der Waals surface area (Å²) in [6.45, 7) is 1.85. The van der Waals surface area contributed by atoms with Crippen molar-refractivity contribution in [3.05, 3.63) is 53.9 Å². The van der Waals surface area contributed by atoms with E-state index in [1.54, 1.807) is 68.6 Å². The van der Waals surface area contributed by atoms with Crippen molar-refractivity contribution in [1.29, 1.82) is 0 Å². The van der Waals surface area contributed by atoms with Crippen LogP contribution in [0.4, 0.5) is 5.69 Å². The van der Waals surface area contributed by atoms with Gasteiger partial charge in [0, 0.05) is 30.9 Å². The average Bonchev–Trinajstić information content (AvgIpc) is 3.35. The van der Waals surface area contributed by atoms with Gasteiger partial charge in [-0.1, -0.05) is 0 Å². The number of benzene rings is 1. The van der Waals surface area contributed by atoms with Crippen molar-refractivity contribution in [2.75, 3.05) is 19.5 Å². The lowest BCUT2D eigenvalue weighted by Crippen LogP contribution is -2.13. The second-order valence-corrected chi connectivity index (χ2v) is 6.50. The molecule has 0 aliphatic carbocycles. The zero-order valence-corrected chi connectivity index (χ0v) is 16.5. The van der Waals surface area contributed by atoms with Gasteiger partial charge >= 0.3 is 0 Å². The number of nitrogens with one attached hydrogen (secondary N) is 1. The van der Waals surface area contributed by atoms with Gasteiger partial charge in [0.25, 0.3) is 5.91 Å². The molecule has 0 atom stereocenters. The Kier molecular flexibility index (Phi) is 4.67. The molecule has 1 aromatic carbocycles. The number of ether oxygens (including phenoxy) is 2. The number of aromatic nitrogens is 3. The molecule has 8 nitrogen and oxygen atoms in total. The number of pyridine rings is 1. The van der Waals surface area contributed by atoms with Gasteiger partial charge in [-0.2, -0.15) is 5.10 Å². The number of rotatable bonds is 5. The Balaban J connectivity index is 1.81. The van der Waals surface area contributed by atoms with Gasteiger partial charge in [0.15, 0.2) is 11.4 Å². The summed E-state index contributed by atoms with van der Waals surface area (Å²) in [5, 5.41) is 8.03. The van der Waals surface area contributed by atoms with Crippen LogP contribution >= 0.6 is 0 Å². The van der Waals surface area contributed by atoms with Crippen LogP contribution in [-0.4, -0.2) is 34.9 Å². The minimum absolute atomic E-state index is 0.295. The molecule has 0 radical (unpaired) electrons. The fourth-order valence-corrected chi connectivity index (χ4v) is 3.25.